The van der Waals surface area contributed by atoms with Crippen molar-refractivity contribution in [3.63, 3.8) is 0 Å². The van der Waals surface area contributed by atoms with Crippen molar-refractivity contribution < 1.29 is 4.79 Å². The van der Waals surface area contributed by atoms with Crippen LogP contribution in [0, 0.1) is 0 Å². The minimum absolute atomic E-state index is 0.0540. The highest BCUT2D eigenvalue weighted by atomic mass is 32.1. The second kappa shape index (κ2) is 4.47. The van der Waals surface area contributed by atoms with E-state index in [9.17, 15) is 4.79 Å². The number of nitrogens with two attached hydrogens (primary N) is 1. The quantitative estimate of drug-likeness (QED) is 0.876. The predicted octanol–water partition coefficient (Wildman–Crippen LogP) is 2.37. The van der Waals surface area contributed by atoms with E-state index in [1.165, 1.54) is 11.3 Å². The third-order valence-corrected chi connectivity index (χ3v) is 3.73. The minimum atomic E-state index is -0.368. The van der Waals surface area contributed by atoms with E-state index in [0.717, 1.165) is 15.0 Å². The fourth-order valence-corrected chi connectivity index (χ4v) is 2.47. The fraction of sp³-hybridized carbons (Fsp3) is 0.308. The Balaban J connectivity index is 2.25. The first-order chi connectivity index (χ1) is 8.02. The van der Waals surface area contributed by atoms with Gasteiger partial charge in [0, 0.05) is 16.8 Å². The highest BCUT2D eigenvalue weighted by Gasteiger charge is 2.20. The van der Waals surface area contributed by atoms with Gasteiger partial charge >= 0.3 is 0 Å². The molecule has 17 heavy (non-hydrogen) atoms. The number of rotatable bonds is 3. The van der Waals surface area contributed by atoms with Crippen molar-refractivity contribution in [2.75, 3.05) is 6.54 Å². The largest absolute Gasteiger partial charge is 0.345 e. The molecule has 0 saturated carbocycles. The molecule has 1 aromatic heterocycles. The van der Waals surface area contributed by atoms with Crippen molar-refractivity contribution in [1.82, 2.24) is 5.32 Å². The van der Waals surface area contributed by atoms with Gasteiger partial charge in [0.1, 0.15) is 0 Å². The maximum Gasteiger partial charge on any atom is 0.261 e. The van der Waals surface area contributed by atoms with Gasteiger partial charge in [-0.1, -0.05) is 18.2 Å². The van der Waals surface area contributed by atoms with Crippen LogP contribution in [0.2, 0.25) is 0 Å². The van der Waals surface area contributed by atoms with Gasteiger partial charge in [-0.15, -0.1) is 11.3 Å². The van der Waals surface area contributed by atoms with Gasteiger partial charge in [-0.05, 0) is 31.4 Å². The molecule has 3 N–H and O–H groups in total. The highest BCUT2D eigenvalue weighted by molar-refractivity contribution is 7.20. The summed E-state index contributed by atoms with van der Waals surface area (Å²) in [4.78, 5) is 12.8. The lowest BCUT2D eigenvalue weighted by atomic mass is 10.1. The molecular formula is C13H16N2OS. The monoisotopic (exact) mass is 248 g/mol. The summed E-state index contributed by atoms with van der Waals surface area (Å²) in [6.45, 7) is 4.25. The lowest BCUT2D eigenvalue weighted by Crippen LogP contribution is -2.48. The van der Waals surface area contributed by atoms with E-state index in [1.807, 2.05) is 44.2 Å². The third-order valence-electron chi connectivity index (χ3n) is 2.61. The van der Waals surface area contributed by atoms with Crippen molar-refractivity contribution in [1.29, 1.82) is 0 Å². The second-order valence-corrected chi connectivity index (χ2v) is 5.77. The van der Waals surface area contributed by atoms with Crippen LogP contribution in [0.25, 0.3) is 10.1 Å². The number of carbonyl (C=O) groups is 1. The zero-order chi connectivity index (χ0) is 12.5. The van der Waals surface area contributed by atoms with E-state index < -0.39 is 0 Å². The molecule has 0 aliphatic rings. The summed E-state index contributed by atoms with van der Waals surface area (Å²) in [5.74, 6) is -0.0540. The summed E-state index contributed by atoms with van der Waals surface area (Å²) in [7, 11) is 0. The van der Waals surface area contributed by atoms with Gasteiger partial charge in [0.25, 0.3) is 5.91 Å². The van der Waals surface area contributed by atoms with Crippen LogP contribution in [0.15, 0.2) is 30.3 Å². The van der Waals surface area contributed by atoms with Gasteiger partial charge in [-0.3, -0.25) is 4.79 Å². The molecule has 2 aromatic rings. The van der Waals surface area contributed by atoms with Crippen molar-refractivity contribution in [3.05, 3.63) is 35.2 Å². The normalized spacial score (nSPS) is 11.7. The lowest BCUT2D eigenvalue weighted by Gasteiger charge is -2.23. The van der Waals surface area contributed by atoms with E-state index in [2.05, 4.69) is 5.32 Å². The lowest BCUT2D eigenvalue weighted by molar-refractivity contribution is 0.0920. The Kier molecular flexibility index (Phi) is 3.17. The molecule has 0 radical (unpaired) electrons. The maximum atomic E-state index is 12.0. The van der Waals surface area contributed by atoms with E-state index in [1.54, 1.807) is 0 Å². The molecular weight excluding hydrogens is 232 g/mol. The molecule has 0 bridgehead atoms. The predicted molar refractivity (Wildman–Crippen MR) is 72.4 cm³/mol. The van der Waals surface area contributed by atoms with Crippen molar-refractivity contribution in [2.45, 2.75) is 19.4 Å². The Morgan fingerprint density at radius 2 is 2.12 bits per heavy atom. The van der Waals surface area contributed by atoms with Crippen LogP contribution in [0.4, 0.5) is 0 Å². The molecule has 0 unspecified atom stereocenters. The van der Waals surface area contributed by atoms with Crippen molar-refractivity contribution in [2.24, 2.45) is 5.73 Å². The standard InChI is InChI=1S/C13H16N2OS/c1-13(2,8-14)15-12(16)11-7-9-5-3-4-6-10(9)17-11/h3-7H,8,14H2,1-2H3,(H,15,16). The topological polar surface area (TPSA) is 55.1 Å². The average Bonchev–Trinajstić information content (AvgIpc) is 2.72. The first-order valence-corrected chi connectivity index (χ1v) is 6.35. The number of fused-ring (bicyclic) bond motifs is 1. The molecule has 0 fully saturated rings. The van der Waals surface area contributed by atoms with Gasteiger partial charge in [0.2, 0.25) is 0 Å². The third kappa shape index (κ3) is 2.65. The van der Waals surface area contributed by atoms with E-state index in [4.69, 9.17) is 5.73 Å². The molecule has 1 aromatic carbocycles. The summed E-state index contributed by atoms with van der Waals surface area (Å²) in [5, 5.41) is 4.03. The number of amides is 1. The first-order valence-electron chi connectivity index (χ1n) is 5.53. The second-order valence-electron chi connectivity index (χ2n) is 4.69. The first kappa shape index (κ1) is 12.1. The van der Waals surface area contributed by atoms with Gasteiger partial charge in [0.05, 0.1) is 4.88 Å². The van der Waals surface area contributed by atoms with Gasteiger partial charge < -0.3 is 11.1 Å². The van der Waals surface area contributed by atoms with Crippen molar-refractivity contribution in [3.8, 4) is 0 Å². The molecule has 0 spiro atoms. The molecule has 0 atom stereocenters. The van der Waals surface area contributed by atoms with Crippen LogP contribution in [0.5, 0.6) is 0 Å². The number of carbonyl (C=O) groups excluding carboxylic acids is 1. The SMILES string of the molecule is CC(C)(CN)NC(=O)c1cc2ccccc2s1. The molecule has 1 amide bonds. The van der Waals surface area contributed by atoms with Gasteiger partial charge in [-0.25, -0.2) is 0 Å². The molecule has 3 nitrogen and oxygen atoms in total. The van der Waals surface area contributed by atoms with Gasteiger partial charge in [0.15, 0.2) is 0 Å². The number of benzene rings is 1. The Hall–Kier alpha value is -1.39. The van der Waals surface area contributed by atoms with Gasteiger partial charge in [-0.2, -0.15) is 0 Å². The number of hydrogen-bond donors (Lipinski definition) is 2. The van der Waals surface area contributed by atoms with Crippen LogP contribution in [-0.2, 0) is 0 Å². The molecule has 90 valence electrons. The molecule has 0 saturated heterocycles. The molecule has 4 heteroatoms. The summed E-state index contributed by atoms with van der Waals surface area (Å²) >= 11 is 1.50. The van der Waals surface area contributed by atoms with E-state index in [0.29, 0.717) is 6.54 Å². The Bertz CT molecular complexity index is 512. The van der Waals surface area contributed by atoms with E-state index in [-0.39, 0.29) is 11.4 Å². The summed E-state index contributed by atoms with van der Waals surface area (Å²) in [6.07, 6.45) is 0. The summed E-state index contributed by atoms with van der Waals surface area (Å²) in [5.41, 5.74) is 5.23. The molecule has 0 aliphatic carbocycles. The number of thiophene rings is 1. The van der Waals surface area contributed by atoms with Crippen LogP contribution >= 0.6 is 11.3 Å². The molecule has 2 rings (SSSR count). The average molecular weight is 248 g/mol. The Morgan fingerprint density at radius 1 is 1.41 bits per heavy atom. The smallest absolute Gasteiger partial charge is 0.261 e. The zero-order valence-electron chi connectivity index (χ0n) is 9.99. The summed E-state index contributed by atoms with van der Waals surface area (Å²) in [6, 6.07) is 9.90. The Labute approximate surface area is 105 Å². The van der Waals surface area contributed by atoms with Crippen molar-refractivity contribution >= 4 is 27.3 Å². The highest BCUT2D eigenvalue weighted by Crippen LogP contribution is 2.25. The minimum Gasteiger partial charge on any atom is -0.345 e. The fourth-order valence-electron chi connectivity index (χ4n) is 1.51. The Morgan fingerprint density at radius 3 is 2.76 bits per heavy atom. The van der Waals surface area contributed by atoms with Crippen LogP contribution < -0.4 is 11.1 Å². The number of hydrogen-bond acceptors (Lipinski definition) is 3. The zero-order valence-corrected chi connectivity index (χ0v) is 10.8. The molecule has 1 heterocycles. The van der Waals surface area contributed by atoms with Crippen LogP contribution in [-0.4, -0.2) is 18.0 Å². The number of nitrogens with one attached hydrogen (secondary N) is 1. The molecule has 0 aliphatic heterocycles. The maximum absolute atomic E-state index is 12.0. The van der Waals surface area contributed by atoms with Crippen LogP contribution in [0.3, 0.4) is 0 Å². The van der Waals surface area contributed by atoms with E-state index >= 15 is 0 Å². The van der Waals surface area contributed by atoms with Crippen LogP contribution in [0.1, 0.15) is 23.5 Å². The summed E-state index contributed by atoms with van der Waals surface area (Å²) < 4.78 is 1.13.